The second-order valence-electron chi connectivity index (χ2n) is 4.92. The molecule has 0 spiro atoms. The summed E-state index contributed by atoms with van der Waals surface area (Å²) in [6, 6.07) is 0. The normalized spacial score (nSPS) is 17.9. The van der Waals surface area contributed by atoms with Gasteiger partial charge in [-0.25, -0.2) is 0 Å². The summed E-state index contributed by atoms with van der Waals surface area (Å²) in [7, 11) is 0. The second-order valence-corrected chi connectivity index (χ2v) is 4.92. The Balaban J connectivity index is 2.44. The molecule has 16 heavy (non-hydrogen) atoms. The van der Waals surface area contributed by atoms with Crippen molar-refractivity contribution < 1.29 is 9.53 Å². The lowest BCUT2D eigenvalue weighted by molar-refractivity contribution is -0.120. The lowest BCUT2D eigenvalue weighted by Crippen LogP contribution is -2.22. The maximum absolute atomic E-state index is 11.9. The van der Waals surface area contributed by atoms with Crippen molar-refractivity contribution in [3.05, 3.63) is 11.8 Å². The van der Waals surface area contributed by atoms with E-state index in [0.717, 1.165) is 19.3 Å². The molecule has 0 saturated heterocycles. The van der Waals surface area contributed by atoms with E-state index in [9.17, 15) is 4.79 Å². The fraction of sp³-hybridized carbons (Fsp3) is 0.769. The first-order valence-electron chi connectivity index (χ1n) is 6.19. The quantitative estimate of drug-likeness (QED) is 0.754. The van der Waals surface area contributed by atoms with Gasteiger partial charge in [0.25, 0.3) is 0 Å². The highest BCUT2D eigenvalue weighted by atomic mass is 16.5. The number of nitrogens with two attached hydrogens (primary N) is 1. The fourth-order valence-electron chi connectivity index (χ4n) is 2.04. The number of hydrogen-bond donors (Lipinski definition) is 1. The van der Waals surface area contributed by atoms with Crippen LogP contribution in [-0.4, -0.2) is 18.9 Å². The number of rotatable bonds is 6. The van der Waals surface area contributed by atoms with Crippen LogP contribution in [0.15, 0.2) is 11.8 Å². The van der Waals surface area contributed by atoms with Crippen LogP contribution in [0.2, 0.25) is 0 Å². The monoisotopic (exact) mass is 225 g/mol. The minimum absolute atomic E-state index is 0.121. The van der Waals surface area contributed by atoms with E-state index in [1.165, 1.54) is 0 Å². The van der Waals surface area contributed by atoms with Gasteiger partial charge in [0.1, 0.15) is 0 Å². The summed E-state index contributed by atoms with van der Waals surface area (Å²) in [4.78, 5) is 11.9. The summed E-state index contributed by atoms with van der Waals surface area (Å²) in [6.45, 7) is 5.57. The fourth-order valence-corrected chi connectivity index (χ4v) is 2.04. The SMILES string of the molecule is CC(C)CC(CN)CC(=O)C1=CCCCO1. The molecular formula is C13H23NO2. The third-order valence-corrected chi connectivity index (χ3v) is 2.82. The van der Waals surface area contributed by atoms with E-state index in [4.69, 9.17) is 10.5 Å². The molecule has 1 aliphatic rings. The van der Waals surface area contributed by atoms with E-state index in [1.54, 1.807) is 0 Å². The highest BCUT2D eigenvalue weighted by Crippen LogP contribution is 2.19. The van der Waals surface area contributed by atoms with Crippen molar-refractivity contribution in [2.75, 3.05) is 13.2 Å². The molecule has 0 aromatic carbocycles. The zero-order valence-electron chi connectivity index (χ0n) is 10.4. The highest BCUT2D eigenvalue weighted by molar-refractivity contribution is 5.93. The molecule has 1 aliphatic heterocycles. The average Bonchev–Trinajstić information content (AvgIpc) is 2.28. The van der Waals surface area contributed by atoms with Gasteiger partial charge in [0, 0.05) is 6.42 Å². The molecule has 0 saturated carbocycles. The van der Waals surface area contributed by atoms with Crippen molar-refractivity contribution >= 4 is 5.78 Å². The predicted molar refractivity (Wildman–Crippen MR) is 64.9 cm³/mol. The van der Waals surface area contributed by atoms with Crippen LogP contribution in [0.25, 0.3) is 0 Å². The summed E-state index contributed by atoms with van der Waals surface area (Å²) in [5.74, 6) is 1.56. The molecule has 0 amide bonds. The molecule has 0 fully saturated rings. The summed E-state index contributed by atoms with van der Waals surface area (Å²) >= 11 is 0. The van der Waals surface area contributed by atoms with E-state index in [-0.39, 0.29) is 5.78 Å². The van der Waals surface area contributed by atoms with Crippen LogP contribution >= 0.6 is 0 Å². The van der Waals surface area contributed by atoms with E-state index < -0.39 is 0 Å². The Morgan fingerprint density at radius 2 is 2.31 bits per heavy atom. The maximum Gasteiger partial charge on any atom is 0.197 e. The van der Waals surface area contributed by atoms with Gasteiger partial charge in [-0.3, -0.25) is 4.79 Å². The number of Topliss-reactive ketones (excluding diaryl/α,β-unsaturated/α-hetero) is 1. The van der Waals surface area contributed by atoms with Crippen LogP contribution in [-0.2, 0) is 9.53 Å². The molecule has 0 radical (unpaired) electrons. The summed E-state index contributed by atoms with van der Waals surface area (Å²) in [6.07, 6.45) is 5.42. The molecule has 1 rings (SSSR count). The molecule has 1 unspecified atom stereocenters. The predicted octanol–water partition coefficient (Wildman–Crippen LogP) is 2.26. The Morgan fingerprint density at radius 3 is 2.81 bits per heavy atom. The molecule has 0 aliphatic carbocycles. The maximum atomic E-state index is 11.9. The lowest BCUT2D eigenvalue weighted by atomic mass is 9.92. The Labute approximate surface area is 98.0 Å². The van der Waals surface area contributed by atoms with Crippen molar-refractivity contribution in [1.29, 1.82) is 0 Å². The molecule has 3 heteroatoms. The topological polar surface area (TPSA) is 52.3 Å². The van der Waals surface area contributed by atoms with Gasteiger partial charge < -0.3 is 10.5 Å². The third-order valence-electron chi connectivity index (χ3n) is 2.82. The first-order chi connectivity index (χ1) is 7.63. The largest absolute Gasteiger partial charge is 0.490 e. The minimum Gasteiger partial charge on any atom is -0.490 e. The van der Waals surface area contributed by atoms with Gasteiger partial charge in [-0.05, 0) is 43.7 Å². The van der Waals surface area contributed by atoms with Gasteiger partial charge in [-0.2, -0.15) is 0 Å². The number of allylic oxidation sites excluding steroid dienone is 2. The smallest absolute Gasteiger partial charge is 0.197 e. The van der Waals surface area contributed by atoms with E-state index in [2.05, 4.69) is 13.8 Å². The first kappa shape index (κ1) is 13.2. The Morgan fingerprint density at radius 1 is 1.56 bits per heavy atom. The van der Waals surface area contributed by atoms with Gasteiger partial charge in [-0.1, -0.05) is 13.8 Å². The van der Waals surface area contributed by atoms with Crippen LogP contribution in [0.4, 0.5) is 0 Å². The highest BCUT2D eigenvalue weighted by Gasteiger charge is 2.19. The Kier molecular flexibility index (Phi) is 5.53. The standard InChI is InChI=1S/C13H23NO2/c1-10(2)7-11(9-14)8-12(15)13-5-3-4-6-16-13/h5,10-11H,3-4,6-9,14H2,1-2H3. The number of ether oxygens (including phenoxy) is 1. The molecule has 0 aromatic rings. The number of carbonyl (C=O) groups excluding carboxylic acids is 1. The zero-order valence-corrected chi connectivity index (χ0v) is 10.4. The molecule has 92 valence electrons. The lowest BCUT2D eigenvalue weighted by Gasteiger charge is -2.18. The summed E-state index contributed by atoms with van der Waals surface area (Å²) in [5, 5.41) is 0. The van der Waals surface area contributed by atoms with Crippen molar-refractivity contribution in [2.45, 2.75) is 39.5 Å². The molecule has 0 bridgehead atoms. The van der Waals surface area contributed by atoms with Gasteiger partial charge >= 0.3 is 0 Å². The van der Waals surface area contributed by atoms with E-state index >= 15 is 0 Å². The second kappa shape index (κ2) is 6.69. The van der Waals surface area contributed by atoms with Crippen molar-refractivity contribution in [2.24, 2.45) is 17.6 Å². The average molecular weight is 225 g/mol. The molecule has 0 aromatic heterocycles. The first-order valence-corrected chi connectivity index (χ1v) is 6.19. The number of ketones is 1. The third kappa shape index (κ3) is 4.35. The van der Waals surface area contributed by atoms with Crippen molar-refractivity contribution in [1.82, 2.24) is 0 Å². The summed E-state index contributed by atoms with van der Waals surface area (Å²) in [5.41, 5.74) is 5.69. The van der Waals surface area contributed by atoms with Crippen LogP contribution in [0, 0.1) is 11.8 Å². The number of hydrogen-bond acceptors (Lipinski definition) is 3. The minimum atomic E-state index is 0.121. The van der Waals surface area contributed by atoms with Crippen LogP contribution in [0.3, 0.4) is 0 Å². The van der Waals surface area contributed by atoms with Crippen LogP contribution < -0.4 is 5.73 Å². The van der Waals surface area contributed by atoms with Gasteiger partial charge in [0.2, 0.25) is 0 Å². The van der Waals surface area contributed by atoms with E-state index in [1.807, 2.05) is 6.08 Å². The van der Waals surface area contributed by atoms with Crippen LogP contribution in [0.1, 0.15) is 39.5 Å². The summed E-state index contributed by atoms with van der Waals surface area (Å²) < 4.78 is 5.36. The Bertz CT molecular complexity index is 259. The Hall–Kier alpha value is -0.830. The van der Waals surface area contributed by atoms with Crippen LogP contribution in [0.5, 0.6) is 0 Å². The molecule has 1 atom stereocenters. The van der Waals surface area contributed by atoms with Gasteiger partial charge in [-0.15, -0.1) is 0 Å². The molecule has 3 nitrogen and oxygen atoms in total. The molecule has 1 heterocycles. The van der Waals surface area contributed by atoms with Crippen molar-refractivity contribution in [3.63, 3.8) is 0 Å². The van der Waals surface area contributed by atoms with Crippen molar-refractivity contribution in [3.8, 4) is 0 Å². The van der Waals surface area contributed by atoms with Gasteiger partial charge in [0.05, 0.1) is 6.61 Å². The zero-order chi connectivity index (χ0) is 12.0. The molecule has 2 N–H and O–H groups in total. The molecular weight excluding hydrogens is 202 g/mol. The number of carbonyl (C=O) groups is 1. The van der Waals surface area contributed by atoms with Gasteiger partial charge in [0.15, 0.2) is 11.5 Å². The van der Waals surface area contributed by atoms with E-state index in [0.29, 0.717) is 37.2 Å².